The number of para-hydroxylation sites is 1. The number of nitrogens with one attached hydrogen (secondary N) is 2. The first kappa shape index (κ1) is 19.3. The zero-order valence-corrected chi connectivity index (χ0v) is 17.7. The number of aromatic nitrogens is 1. The van der Waals surface area contributed by atoms with E-state index >= 15 is 0 Å². The highest BCUT2D eigenvalue weighted by molar-refractivity contribution is 5.93. The van der Waals surface area contributed by atoms with Crippen molar-refractivity contribution >= 4 is 22.7 Å². The van der Waals surface area contributed by atoms with Gasteiger partial charge in [0.2, 0.25) is 11.8 Å². The number of likely N-dealkylation sites (tertiary alicyclic amines) is 1. The van der Waals surface area contributed by atoms with Gasteiger partial charge in [-0.05, 0) is 23.6 Å². The molecule has 1 aromatic heterocycles. The van der Waals surface area contributed by atoms with E-state index in [-0.39, 0.29) is 17.9 Å². The average molecular weight is 428 g/mol. The minimum atomic E-state index is -0.670. The van der Waals surface area contributed by atoms with Gasteiger partial charge in [-0.15, -0.1) is 0 Å². The Kier molecular flexibility index (Phi) is 4.43. The molecule has 0 saturated carbocycles. The first-order valence-electron chi connectivity index (χ1n) is 11.2. The van der Waals surface area contributed by atoms with Gasteiger partial charge >= 0.3 is 0 Å². The summed E-state index contributed by atoms with van der Waals surface area (Å²) in [7, 11) is 0. The summed E-state index contributed by atoms with van der Waals surface area (Å²) in [6.45, 7) is 1.57. The SMILES string of the molecule is O=C(NCc1ccccc1)C1C2C=CC3(CN(CCc4c[nH]c5ccccc45)C(=O)C13)O2. The van der Waals surface area contributed by atoms with Gasteiger partial charge in [0.15, 0.2) is 0 Å². The molecule has 162 valence electrons. The summed E-state index contributed by atoms with van der Waals surface area (Å²) in [5, 5.41) is 4.20. The smallest absolute Gasteiger partial charge is 0.230 e. The predicted octanol–water partition coefficient (Wildman–Crippen LogP) is 2.81. The van der Waals surface area contributed by atoms with E-state index in [1.807, 2.05) is 65.7 Å². The van der Waals surface area contributed by atoms with Crippen molar-refractivity contribution in [3.63, 3.8) is 0 Å². The number of fused-ring (bicyclic) bond motifs is 2. The van der Waals surface area contributed by atoms with Gasteiger partial charge in [0.1, 0.15) is 5.60 Å². The van der Waals surface area contributed by atoms with Crippen molar-refractivity contribution < 1.29 is 14.3 Å². The maximum atomic E-state index is 13.4. The molecule has 3 aromatic rings. The van der Waals surface area contributed by atoms with E-state index in [2.05, 4.69) is 22.4 Å². The van der Waals surface area contributed by atoms with Gasteiger partial charge in [-0.2, -0.15) is 0 Å². The quantitative estimate of drug-likeness (QED) is 0.594. The molecule has 1 spiro atoms. The molecule has 2 saturated heterocycles. The van der Waals surface area contributed by atoms with Crippen LogP contribution >= 0.6 is 0 Å². The van der Waals surface area contributed by atoms with E-state index in [4.69, 9.17) is 4.74 Å². The molecule has 0 radical (unpaired) electrons. The Morgan fingerprint density at radius 2 is 1.97 bits per heavy atom. The minimum absolute atomic E-state index is 0.0246. The Bertz CT molecular complexity index is 1220. The molecule has 3 aliphatic rings. The van der Waals surface area contributed by atoms with E-state index in [0.29, 0.717) is 19.6 Å². The normalized spacial score (nSPS) is 27.9. The summed E-state index contributed by atoms with van der Waals surface area (Å²) in [5.41, 5.74) is 2.66. The number of carbonyl (C=O) groups is 2. The third kappa shape index (κ3) is 2.98. The maximum absolute atomic E-state index is 13.4. The number of nitrogens with zero attached hydrogens (tertiary/aromatic N) is 1. The number of hydrogen-bond acceptors (Lipinski definition) is 3. The second-order valence-corrected chi connectivity index (χ2v) is 8.97. The van der Waals surface area contributed by atoms with Gasteiger partial charge in [-0.25, -0.2) is 0 Å². The summed E-state index contributed by atoms with van der Waals surface area (Å²) in [6.07, 6.45) is 6.42. The Morgan fingerprint density at radius 3 is 2.84 bits per heavy atom. The van der Waals surface area contributed by atoms with Crippen LogP contribution in [0.2, 0.25) is 0 Å². The summed E-state index contributed by atoms with van der Waals surface area (Å²) in [5.74, 6) is -1.01. The molecular weight excluding hydrogens is 402 g/mol. The largest absolute Gasteiger partial charge is 0.361 e. The first-order valence-corrected chi connectivity index (χ1v) is 11.2. The fourth-order valence-electron chi connectivity index (χ4n) is 5.56. The fraction of sp³-hybridized carbons (Fsp3) is 0.308. The van der Waals surface area contributed by atoms with Gasteiger partial charge in [0.25, 0.3) is 0 Å². The number of H-pyrrole nitrogens is 1. The molecule has 6 rings (SSSR count). The van der Waals surface area contributed by atoms with Crippen molar-refractivity contribution in [2.45, 2.75) is 24.7 Å². The zero-order valence-electron chi connectivity index (χ0n) is 17.7. The summed E-state index contributed by atoms with van der Waals surface area (Å²) in [4.78, 5) is 31.7. The van der Waals surface area contributed by atoms with Crippen LogP contribution in [0, 0.1) is 11.8 Å². The highest BCUT2D eigenvalue weighted by Crippen LogP contribution is 2.51. The van der Waals surface area contributed by atoms with Crippen LogP contribution in [0.15, 0.2) is 72.9 Å². The lowest BCUT2D eigenvalue weighted by molar-refractivity contribution is -0.137. The predicted molar refractivity (Wildman–Crippen MR) is 121 cm³/mol. The highest BCUT2D eigenvalue weighted by atomic mass is 16.5. The van der Waals surface area contributed by atoms with Crippen molar-refractivity contribution in [2.75, 3.05) is 13.1 Å². The summed E-state index contributed by atoms with van der Waals surface area (Å²) >= 11 is 0. The molecule has 6 heteroatoms. The number of rotatable bonds is 6. The van der Waals surface area contributed by atoms with Crippen molar-refractivity contribution in [1.82, 2.24) is 15.2 Å². The number of amides is 2. The van der Waals surface area contributed by atoms with Gasteiger partial charge < -0.3 is 19.9 Å². The molecule has 32 heavy (non-hydrogen) atoms. The fourth-order valence-corrected chi connectivity index (χ4v) is 5.56. The molecule has 4 heterocycles. The van der Waals surface area contributed by atoms with Gasteiger partial charge in [0.05, 0.1) is 24.5 Å². The molecule has 4 atom stereocenters. The second kappa shape index (κ2) is 7.35. The molecule has 3 aliphatic heterocycles. The summed E-state index contributed by atoms with van der Waals surface area (Å²) in [6, 6.07) is 18.0. The zero-order chi connectivity index (χ0) is 21.7. The number of ether oxygens (including phenoxy) is 1. The second-order valence-electron chi connectivity index (χ2n) is 8.97. The third-order valence-electron chi connectivity index (χ3n) is 7.12. The van der Waals surface area contributed by atoms with Crippen LogP contribution in [-0.2, 0) is 27.3 Å². The van der Waals surface area contributed by atoms with Crippen LogP contribution in [0.1, 0.15) is 11.1 Å². The van der Waals surface area contributed by atoms with E-state index < -0.39 is 17.4 Å². The topological polar surface area (TPSA) is 74.4 Å². The van der Waals surface area contributed by atoms with Gasteiger partial charge in [-0.3, -0.25) is 9.59 Å². The lowest BCUT2D eigenvalue weighted by Crippen LogP contribution is -2.44. The monoisotopic (exact) mass is 427 g/mol. The van der Waals surface area contributed by atoms with E-state index in [1.54, 1.807) is 0 Å². The lowest BCUT2D eigenvalue weighted by atomic mass is 9.77. The Balaban J connectivity index is 1.17. The lowest BCUT2D eigenvalue weighted by Gasteiger charge is -2.23. The Labute approximate surface area is 186 Å². The van der Waals surface area contributed by atoms with E-state index in [1.165, 1.54) is 10.9 Å². The average Bonchev–Trinajstić information content (AvgIpc) is 3.56. The van der Waals surface area contributed by atoms with Gasteiger partial charge in [0, 0.05) is 30.2 Å². The van der Waals surface area contributed by atoms with Crippen molar-refractivity contribution in [3.05, 3.63) is 84.1 Å². The molecule has 2 fully saturated rings. The van der Waals surface area contributed by atoms with Crippen LogP contribution in [-0.4, -0.2) is 46.5 Å². The number of benzene rings is 2. The van der Waals surface area contributed by atoms with Crippen LogP contribution < -0.4 is 5.32 Å². The molecule has 4 unspecified atom stereocenters. The van der Waals surface area contributed by atoms with Crippen LogP contribution in [0.4, 0.5) is 0 Å². The number of carbonyl (C=O) groups excluding carboxylic acids is 2. The molecule has 6 nitrogen and oxygen atoms in total. The van der Waals surface area contributed by atoms with Crippen molar-refractivity contribution in [3.8, 4) is 0 Å². The molecule has 2 bridgehead atoms. The van der Waals surface area contributed by atoms with E-state index in [9.17, 15) is 9.59 Å². The minimum Gasteiger partial charge on any atom is -0.361 e. The molecular formula is C26H25N3O3. The van der Waals surface area contributed by atoms with Gasteiger partial charge in [-0.1, -0.05) is 60.7 Å². The van der Waals surface area contributed by atoms with E-state index in [0.717, 1.165) is 17.5 Å². The Morgan fingerprint density at radius 1 is 1.16 bits per heavy atom. The first-order chi connectivity index (χ1) is 15.6. The van der Waals surface area contributed by atoms with Crippen molar-refractivity contribution in [1.29, 1.82) is 0 Å². The summed E-state index contributed by atoms with van der Waals surface area (Å²) < 4.78 is 6.24. The Hall–Kier alpha value is -3.38. The molecule has 2 amide bonds. The number of hydrogen-bond donors (Lipinski definition) is 2. The van der Waals surface area contributed by atoms with Crippen LogP contribution in [0.25, 0.3) is 10.9 Å². The third-order valence-corrected chi connectivity index (χ3v) is 7.12. The van der Waals surface area contributed by atoms with Crippen molar-refractivity contribution in [2.24, 2.45) is 11.8 Å². The maximum Gasteiger partial charge on any atom is 0.230 e. The van der Waals surface area contributed by atoms with Crippen LogP contribution in [0.3, 0.4) is 0 Å². The number of aromatic amines is 1. The standard InChI is InChI=1S/C26H25N3O3/c30-24(28-14-17-6-2-1-3-7-17)22-21-10-12-26(32-21)16-29(25(31)23(22)26)13-11-18-15-27-20-9-5-4-8-19(18)20/h1-10,12,15,21-23,27H,11,13-14,16H2,(H,28,30). The molecule has 2 aromatic carbocycles. The molecule has 0 aliphatic carbocycles. The highest BCUT2D eigenvalue weighted by Gasteiger charge is 2.66. The van der Waals surface area contributed by atoms with Crippen LogP contribution in [0.5, 0.6) is 0 Å². The molecule has 2 N–H and O–H groups in total.